The summed E-state index contributed by atoms with van der Waals surface area (Å²) >= 11 is 0. The first-order valence-electron chi connectivity index (χ1n) is 6.67. The molecule has 0 spiro atoms. The summed E-state index contributed by atoms with van der Waals surface area (Å²) in [5.41, 5.74) is 0.873. The van der Waals surface area contributed by atoms with Gasteiger partial charge < -0.3 is 9.47 Å². The molecule has 19 heavy (non-hydrogen) atoms. The lowest BCUT2D eigenvalue weighted by atomic mass is 10.2. The number of carbonyl (C=O) groups excluding carboxylic acids is 1. The molecule has 1 unspecified atom stereocenters. The Labute approximate surface area is 115 Å². The molecule has 1 rings (SSSR count). The molecule has 3 nitrogen and oxygen atoms in total. The van der Waals surface area contributed by atoms with Crippen LogP contribution in [-0.2, 0) is 9.53 Å². The smallest absolute Gasteiger partial charge is 0.331 e. The van der Waals surface area contributed by atoms with Gasteiger partial charge in [0.05, 0.1) is 12.2 Å². The van der Waals surface area contributed by atoms with Crippen molar-refractivity contribution in [3.63, 3.8) is 0 Å². The van der Waals surface area contributed by atoms with Crippen LogP contribution in [0.2, 0.25) is 0 Å². The van der Waals surface area contributed by atoms with E-state index in [9.17, 15) is 4.79 Å². The molecular formula is C16H22O3. The van der Waals surface area contributed by atoms with Crippen LogP contribution in [0.1, 0.15) is 39.7 Å². The Morgan fingerprint density at radius 2 is 1.95 bits per heavy atom. The van der Waals surface area contributed by atoms with Crippen molar-refractivity contribution >= 4 is 12.0 Å². The topological polar surface area (TPSA) is 35.5 Å². The molecule has 0 aliphatic carbocycles. The maximum absolute atomic E-state index is 11.6. The Hall–Kier alpha value is -1.77. The predicted molar refractivity (Wildman–Crippen MR) is 77.1 cm³/mol. The largest absolute Gasteiger partial charge is 0.490 e. The van der Waals surface area contributed by atoms with E-state index < -0.39 is 0 Å². The average Bonchev–Trinajstić information content (AvgIpc) is 2.37. The zero-order valence-corrected chi connectivity index (χ0v) is 12.1. The molecule has 0 radical (unpaired) electrons. The van der Waals surface area contributed by atoms with Gasteiger partial charge in [-0.25, -0.2) is 4.79 Å². The van der Waals surface area contributed by atoms with Crippen LogP contribution in [0.3, 0.4) is 0 Å². The molecule has 0 N–H and O–H groups in total. The third-order valence-electron chi connectivity index (χ3n) is 2.57. The highest BCUT2D eigenvalue weighted by Crippen LogP contribution is 2.20. The first-order valence-corrected chi connectivity index (χ1v) is 6.67. The number of hydrogen-bond acceptors (Lipinski definition) is 3. The summed E-state index contributed by atoms with van der Waals surface area (Å²) in [6.45, 7) is 7.80. The summed E-state index contributed by atoms with van der Waals surface area (Å²) in [6.07, 6.45) is 4.02. The second kappa shape index (κ2) is 7.62. The number of ether oxygens (including phenoxy) is 2. The van der Waals surface area contributed by atoms with Gasteiger partial charge in [-0.15, -0.1) is 0 Å². The number of esters is 1. The molecule has 0 amide bonds. The van der Waals surface area contributed by atoms with Gasteiger partial charge in [0.2, 0.25) is 0 Å². The Bertz CT molecular complexity index is 435. The lowest BCUT2D eigenvalue weighted by molar-refractivity contribution is -0.142. The number of rotatable bonds is 6. The van der Waals surface area contributed by atoms with Crippen LogP contribution >= 0.6 is 0 Å². The maximum atomic E-state index is 11.6. The fourth-order valence-electron chi connectivity index (χ4n) is 1.46. The van der Waals surface area contributed by atoms with Gasteiger partial charge in [-0.05, 0) is 39.3 Å². The lowest BCUT2D eigenvalue weighted by Gasteiger charge is -2.12. The van der Waals surface area contributed by atoms with Crippen LogP contribution in [0.25, 0.3) is 6.08 Å². The summed E-state index contributed by atoms with van der Waals surface area (Å²) in [4.78, 5) is 11.6. The summed E-state index contributed by atoms with van der Waals surface area (Å²) in [6, 6.07) is 7.61. The summed E-state index contributed by atoms with van der Waals surface area (Å²) < 4.78 is 10.9. The molecule has 3 heteroatoms. The molecular weight excluding hydrogens is 240 g/mol. The monoisotopic (exact) mass is 262 g/mol. The molecule has 0 aliphatic rings. The first-order chi connectivity index (χ1) is 9.02. The van der Waals surface area contributed by atoms with E-state index in [1.165, 1.54) is 6.08 Å². The second-order valence-electron chi connectivity index (χ2n) is 4.69. The molecule has 0 saturated carbocycles. The van der Waals surface area contributed by atoms with E-state index in [2.05, 4.69) is 0 Å². The van der Waals surface area contributed by atoms with Crippen LogP contribution < -0.4 is 4.74 Å². The van der Waals surface area contributed by atoms with E-state index in [1.54, 1.807) is 6.08 Å². The molecule has 1 aromatic rings. The van der Waals surface area contributed by atoms with Crippen molar-refractivity contribution < 1.29 is 14.3 Å². The van der Waals surface area contributed by atoms with E-state index >= 15 is 0 Å². The summed E-state index contributed by atoms with van der Waals surface area (Å²) in [5.74, 6) is 0.443. The minimum atomic E-state index is -0.325. The minimum Gasteiger partial charge on any atom is -0.490 e. The molecule has 0 saturated heterocycles. The number of para-hydroxylation sites is 1. The van der Waals surface area contributed by atoms with E-state index in [1.807, 2.05) is 52.0 Å². The fraction of sp³-hybridized carbons (Fsp3) is 0.438. The van der Waals surface area contributed by atoms with Crippen LogP contribution in [0.5, 0.6) is 5.75 Å². The second-order valence-corrected chi connectivity index (χ2v) is 4.69. The molecule has 0 bridgehead atoms. The van der Waals surface area contributed by atoms with Crippen LogP contribution in [-0.4, -0.2) is 18.2 Å². The van der Waals surface area contributed by atoms with Crippen molar-refractivity contribution in [1.82, 2.24) is 0 Å². The first kappa shape index (κ1) is 15.3. The minimum absolute atomic E-state index is 0.0562. The van der Waals surface area contributed by atoms with Crippen molar-refractivity contribution in [1.29, 1.82) is 0 Å². The van der Waals surface area contributed by atoms with Gasteiger partial charge in [-0.1, -0.05) is 25.1 Å². The Kier molecular flexibility index (Phi) is 6.13. The van der Waals surface area contributed by atoms with Crippen molar-refractivity contribution in [2.45, 2.75) is 46.3 Å². The van der Waals surface area contributed by atoms with E-state index in [0.717, 1.165) is 17.7 Å². The summed E-state index contributed by atoms with van der Waals surface area (Å²) in [7, 11) is 0. The maximum Gasteiger partial charge on any atom is 0.331 e. The lowest BCUT2D eigenvalue weighted by Crippen LogP contribution is -2.11. The van der Waals surface area contributed by atoms with Crippen LogP contribution in [0, 0.1) is 0 Å². The quantitative estimate of drug-likeness (QED) is 0.577. The van der Waals surface area contributed by atoms with Gasteiger partial charge >= 0.3 is 5.97 Å². The van der Waals surface area contributed by atoms with Crippen molar-refractivity contribution in [2.75, 3.05) is 0 Å². The number of benzene rings is 1. The van der Waals surface area contributed by atoms with Crippen LogP contribution in [0.4, 0.5) is 0 Å². The van der Waals surface area contributed by atoms with E-state index in [-0.39, 0.29) is 18.2 Å². The third kappa shape index (κ3) is 5.60. The highest BCUT2D eigenvalue weighted by molar-refractivity contribution is 5.87. The standard InChI is InChI=1S/C16H22O3/c1-5-13(4)19-16(17)11-10-14-8-6-7-9-15(14)18-12(2)3/h6-13H,5H2,1-4H3. The average molecular weight is 262 g/mol. The number of hydrogen-bond donors (Lipinski definition) is 0. The van der Waals surface area contributed by atoms with Crippen molar-refractivity contribution in [3.05, 3.63) is 35.9 Å². The Morgan fingerprint density at radius 3 is 2.58 bits per heavy atom. The van der Waals surface area contributed by atoms with E-state index in [4.69, 9.17) is 9.47 Å². The van der Waals surface area contributed by atoms with Gasteiger partial charge in [0, 0.05) is 11.6 Å². The van der Waals surface area contributed by atoms with Crippen molar-refractivity contribution in [2.24, 2.45) is 0 Å². The molecule has 1 atom stereocenters. The van der Waals surface area contributed by atoms with Gasteiger partial charge in [-0.2, -0.15) is 0 Å². The zero-order chi connectivity index (χ0) is 14.3. The van der Waals surface area contributed by atoms with Crippen LogP contribution in [0.15, 0.2) is 30.3 Å². The Morgan fingerprint density at radius 1 is 1.26 bits per heavy atom. The number of carbonyl (C=O) groups is 1. The highest BCUT2D eigenvalue weighted by atomic mass is 16.5. The van der Waals surface area contributed by atoms with Gasteiger partial charge in [0.1, 0.15) is 5.75 Å². The van der Waals surface area contributed by atoms with Gasteiger partial charge in [0.15, 0.2) is 0 Å². The Balaban J connectivity index is 2.73. The molecule has 1 aromatic carbocycles. The zero-order valence-electron chi connectivity index (χ0n) is 12.1. The normalized spacial score (nSPS) is 12.7. The third-order valence-corrected chi connectivity index (χ3v) is 2.57. The predicted octanol–water partition coefficient (Wildman–Crippen LogP) is 3.83. The van der Waals surface area contributed by atoms with E-state index in [0.29, 0.717) is 0 Å². The molecule has 0 fully saturated rings. The molecule has 0 aromatic heterocycles. The highest BCUT2D eigenvalue weighted by Gasteiger charge is 2.05. The fourth-order valence-corrected chi connectivity index (χ4v) is 1.46. The molecule has 0 aliphatic heterocycles. The van der Waals surface area contributed by atoms with Gasteiger partial charge in [-0.3, -0.25) is 0 Å². The van der Waals surface area contributed by atoms with Gasteiger partial charge in [0.25, 0.3) is 0 Å². The SMILES string of the molecule is CCC(C)OC(=O)C=Cc1ccccc1OC(C)C. The van der Waals surface area contributed by atoms with Crippen molar-refractivity contribution in [3.8, 4) is 5.75 Å². The molecule has 0 heterocycles. The molecule has 104 valence electrons. The summed E-state index contributed by atoms with van der Waals surface area (Å²) in [5, 5.41) is 0.